The summed E-state index contributed by atoms with van der Waals surface area (Å²) in [5, 5.41) is 15.7. The van der Waals surface area contributed by atoms with Crippen molar-refractivity contribution in [2.75, 3.05) is 17.6 Å². The zero-order chi connectivity index (χ0) is 27.0. The summed E-state index contributed by atoms with van der Waals surface area (Å²) in [6.45, 7) is 5.68. The molecule has 0 bridgehead atoms. The summed E-state index contributed by atoms with van der Waals surface area (Å²) < 4.78 is 1.96. The normalized spacial score (nSPS) is 13.5. The Morgan fingerprint density at radius 1 is 1.11 bits per heavy atom. The molecule has 1 saturated carbocycles. The Bertz CT molecular complexity index is 1620. The van der Waals surface area contributed by atoms with Crippen LogP contribution in [-0.4, -0.2) is 32.9 Å². The highest BCUT2D eigenvalue weighted by Crippen LogP contribution is 2.44. The maximum atomic E-state index is 12.7. The molecule has 5 rings (SSSR count). The zero-order valence-electron chi connectivity index (χ0n) is 21.2. The van der Waals surface area contributed by atoms with E-state index >= 15 is 0 Å². The first-order chi connectivity index (χ1) is 18.2. The molecule has 0 aliphatic heterocycles. The lowest BCUT2D eigenvalue weighted by Crippen LogP contribution is -2.29. The molecule has 2 heterocycles. The second-order valence-electron chi connectivity index (χ2n) is 9.70. The Kier molecular flexibility index (Phi) is 6.17. The van der Waals surface area contributed by atoms with Crippen LogP contribution in [0, 0.1) is 16.7 Å². The van der Waals surface area contributed by atoms with Gasteiger partial charge >= 0.3 is 0 Å². The molecule has 0 radical (unpaired) electrons. The minimum atomic E-state index is -0.409. The van der Waals surface area contributed by atoms with Gasteiger partial charge in [-0.05, 0) is 55.2 Å². The smallest absolute Gasteiger partial charge is 0.251 e. The average Bonchev–Trinajstić information content (AvgIpc) is 3.65. The number of nitrogens with zero attached hydrogens (tertiary/aromatic N) is 4. The van der Waals surface area contributed by atoms with E-state index in [1.807, 2.05) is 48.0 Å². The SMILES string of the molecule is C=C(C)C(=O)Nc1ccc(-c2c(-c3ccc(C(=O)NCC4(C#N)CC4)cc3)c3c(N)ncnc3n2C)cc1. The van der Waals surface area contributed by atoms with Gasteiger partial charge in [0.15, 0.2) is 0 Å². The van der Waals surface area contributed by atoms with E-state index in [-0.39, 0.29) is 11.8 Å². The zero-order valence-corrected chi connectivity index (χ0v) is 21.2. The fraction of sp³-hybridized carbons (Fsp3) is 0.207. The molecular weight excluding hydrogens is 478 g/mol. The number of aromatic nitrogens is 3. The highest BCUT2D eigenvalue weighted by Gasteiger charge is 2.43. The number of nitrogens with one attached hydrogen (secondary N) is 2. The Labute approximate surface area is 220 Å². The Hall–Kier alpha value is -4.97. The van der Waals surface area contributed by atoms with E-state index in [0.29, 0.717) is 40.2 Å². The van der Waals surface area contributed by atoms with Gasteiger partial charge < -0.3 is 20.9 Å². The molecule has 0 saturated heterocycles. The summed E-state index contributed by atoms with van der Waals surface area (Å²) in [6, 6.07) is 17.0. The second kappa shape index (κ2) is 9.48. The fourth-order valence-electron chi connectivity index (χ4n) is 4.46. The number of rotatable bonds is 7. The number of fused-ring (bicyclic) bond motifs is 1. The molecule has 4 aromatic rings. The van der Waals surface area contributed by atoms with Gasteiger partial charge in [0.1, 0.15) is 17.8 Å². The Morgan fingerprint density at radius 2 is 1.76 bits per heavy atom. The number of carbonyl (C=O) groups excluding carboxylic acids is 2. The van der Waals surface area contributed by atoms with Crippen LogP contribution >= 0.6 is 0 Å². The molecule has 0 spiro atoms. The average molecular weight is 506 g/mol. The fourth-order valence-corrected chi connectivity index (χ4v) is 4.46. The summed E-state index contributed by atoms with van der Waals surface area (Å²) in [5.74, 6) is -0.105. The molecule has 0 unspecified atom stereocenters. The largest absolute Gasteiger partial charge is 0.383 e. The molecule has 0 atom stereocenters. The lowest BCUT2D eigenvalue weighted by Gasteiger charge is -2.12. The lowest BCUT2D eigenvalue weighted by molar-refractivity contribution is -0.112. The van der Waals surface area contributed by atoms with Crippen molar-refractivity contribution in [1.29, 1.82) is 5.26 Å². The second-order valence-corrected chi connectivity index (χ2v) is 9.70. The van der Waals surface area contributed by atoms with Crippen molar-refractivity contribution in [2.45, 2.75) is 19.8 Å². The molecular formula is C29H27N7O2. The summed E-state index contributed by atoms with van der Waals surface area (Å²) in [4.78, 5) is 33.4. The van der Waals surface area contributed by atoms with Crippen molar-refractivity contribution >= 4 is 34.4 Å². The number of amides is 2. The van der Waals surface area contributed by atoms with Crippen molar-refractivity contribution in [1.82, 2.24) is 19.9 Å². The molecule has 2 aromatic heterocycles. The van der Waals surface area contributed by atoms with E-state index < -0.39 is 5.41 Å². The van der Waals surface area contributed by atoms with Crippen molar-refractivity contribution in [2.24, 2.45) is 12.5 Å². The molecule has 2 aromatic carbocycles. The number of hydrogen-bond acceptors (Lipinski definition) is 6. The van der Waals surface area contributed by atoms with Gasteiger partial charge in [-0.3, -0.25) is 9.59 Å². The van der Waals surface area contributed by atoms with Crippen LogP contribution < -0.4 is 16.4 Å². The van der Waals surface area contributed by atoms with Crippen LogP contribution in [0.5, 0.6) is 0 Å². The van der Waals surface area contributed by atoms with E-state index in [1.165, 1.54) is 6.33 Å². The topological polar surface area (TPSA) is 139 Å². The first-order valence-corrected chi connectivity index (χ1v) is 12.2. The van der Waals surface area contributed by atoms with Crippen molar-refractivity contribution in [3.05, 3.63) is 72.6 Å². The molecule has 2 amide bonds. The maximum Gasteiger partial charge on any atom is 0.251 e. The molecule has 1 aliphatic carbocycles. The van der Waals surface area contributed by atoms with Crippen LogP contribution in [0.3, 0.4) is 0 Å². The van der Waals surface area contributed by atoms with Crippen LogP contribution in [0.1, 0.15) is 30.1 Å². The van der Waals surface area contributed by atoms with Crippen LogP contribution in [0.15, 0.2) is 67.0 Å². The summed E-state index contributed by atoms with van der Waals surface area (Å²) in [6.07, 6.45) is 3.07. The lowest BCUT2D eigenvalue weighted by atomic mass is 9.97. The number of nitrogens with two attached hydrogens (primary N) is 1. The van der Waals surface area contributed by atoms with Crippen molar-refractivity contribution in [3.63, 3.8) is 0 Å². The van der Waals surface area contributed by atoms with E-state index in [0.717, 1.165) is 35.2 Å². The number of aryl methyl sites for hydroxylation is 1. The third-order valence-corrected chi connectivity index (χ3v) is 6.91. The van der Waals surface area contributed by atoms with Gasteiger partial charge in [0.25, 0.3) is 11.8 Å². The highest BCUT2D eigenvalue weighted by molar-refractivity contribution is 6.08. The van der Waals surface area contributed by atoms with Gasteiger partial charge in [0, 0.05) is 36.0 Å². The van der Waals surface area contributed by atoms with Crippen LogP contribution in [-0.2, 0) is 11.8 Å². The highest BCUT2D eigenvalue weighted by atomic mass is 16.2. The number of anilines is 2. The van der Waals surface area contributed by atoms with E-state index in [4.69, 9.17) is 5.73 Å². The van der Waals surface area contributed by atoms with Crippen LogP contribution in [0.2, 0.25) is 0 Å². The minimum absolute atomic E-state index is 0.216. The predicted octanol–water partition coefficient (Wildman–Crippen LogP) is 4.43. The maximum absolute atomic E-state index is 12.7. The van der Waals surface area contributed by atoms with Crippen LogP contribution in [0.4, 0.5) is 11.5 Å². The molecule has 9 heteroatoms. The molecule has 1 aliphatic rings. The van der Waals surface area contributed by atoms with Gasteiger partial charge in [-0.15, -0.1) is 0 Å². The van der Waals surface area contributed by atoms with Gasteiger partial charge in [-0.25, -0.2) is 9.97 Å². The monoisotopic (exact) mass is 505 g/mol. The van der Waals surface area contributed by atoms with Gasteiger partial charge in [-0.2, -0.15) is 5.26 Å². The predicted molar refractivity (Wildman–Crippen MR) is 147 cm³/mol. The quantitative estimate of drug-likeness (QED) is 0.318. The van der Waals surface area contributed by atoms with Crippen LogP contribution in [0.25, 0.3) is 33.4 Å². The van der Waals surface area contributed by atoms with Crippen molar-refractivity contribution < 1.29 is 9.59 Å². The number of benzene rings is 2. The Balaban J connectivity index is 1.52. The summed E-state index contributed by atoms with van der Waals surface area (Å²) in [5.41, 5.74) is 11.6. The first kappa shape index (κ1) is 24.7. The van der Waals surface area contributed by atoms with Gasteiger partial charge in [-0.1, -0.05) is 30.8 Å². The number of nitrogen functional groups attached to an aromatic ring is 1. The molecule has 190 valence electrons. The third-order valence-electron chi connectivity index (χ3n) is 6.91. The standard InChI is InChI=1S/C29H27N7O2/c1-17(2)27(37)35-21-10-8-19(9-11-21)24-22(23-25(31)33-16-34-26(23)36(24)3)18-4-6-20(7-5-18)28(38)32-15-29(14-30)12-13-29/h4-11,16H,1,12-13,15H2,2-3H3,(H,32,38)(H,35,37)(H2,31,33,34). The third kappa shape index (κ3) is 4.48. The Morgan fingerprint density at radius 3 is 2.37 bits per heavy atom. The van der Waals surface area contributed by atoms with Gasteiger partial charge in [0.05, 0.1) is 22.6 Å². The number of nitriles is 1. The van der Waals surface area contributed by atoms with E-state index in [1.54, 1.807) is 19.1 Å². The summed E-state index contributed by atoms with van der Waals surface area (Å²) in [7, 11) is 1.91. The van der Waals surface area contributed by atoms with Gasteiger partial charge in [0.2, 0.25) is 0 Å². The molecule has 9 nitrogen and oxygen atoms in total. The number of hydrogen-bond donors (Lipinski definition) is 3. The molecule has 1 fully saturated rings. The minimum Gasteiger partial charge on any atom is -0.383 e. The first-order valence-electron chi connectivity index (χ1n) is 12.2. The summed E-state index contributed by atoms with van der Waals surface area (Å²) >= 11 is 0. The molecule has 38 heavy (non-hydrogen) atoms. The molecule has 4 N–H and O–H groups in total. The van der Waals surface area contributed by atoms with E-state index in [2.05, 4.69) is 33.2 Å². The number of carbonyl (C=O) groups is 2. The van der Waals surface area contributed by atoms with Crippen molar-refractivity contribution in [3.8, 4) is 28.5 Å². The van der Waals surface area contributed by atoms with E-state index in [9.17, 15) is 14.9 Å².